The molecule has 0 saturated carbocycles. The Kier molecular flexibility index (Phi) is 8.59. The van der Waals surface area contributed by atoms with Crippen LogP contribution in [0.2, 0.25) is 0 Å². The van der Waals surface area contributed by atoms with Crippen molar-refractivity contribution in [3.63, 3.8) is 0 Å². The fraction of sp³-hybridized carbons (Fsp3) is 0.464. The van der Waals surface area contributed by atoms with Crippen LogP contribution in [-0.2, 0) is 14.3 Å². The maximum atomic E-state index is 13.7. The number of carbonyl (C=O) groups is 2. The minimum Gasteiger partial charge on any atom is -0.496 e. The van der Waals surface area contributed by atoms with Crippen LogP contribution in [0.25, 0.3) is 0 Å². The monoisotopic (exact) mass is 493 g/mol. The highest BCUT2D eigenvalue weighted by molar-refractivity contribution is 6.05. The topological polar surface area (TPSA) is 80.7 Å². The Morgan fingerprint density at radius 3 is 2.53 bits per heavy atom. The minimum absolute atomic E-state index is 0.111. The van der Waals surface area contributed by atoms with Gasteiger partial charge in [0.15, 0.2) is 0 Å². The van der Waals surface area contributed by atoms with Gasteiger partial charge in [-0.1, -0.05) is 30.7 Å². The third kappa shape index (κ3) is 5.70. The first-order chi connectivity index (χ1) is 17.5. The van der Waals surface area contributed by atoms with Crippen molar-refractivity contribution in [2.75, 3.05) is 33.4 Å². The van der Waals surface area contributed by atoms with Gasteiger partial charge in [-0.3, -0.25) is 14.5 Å². The van der Waals surface area contributed by atoms with E-state index in [0.29, 0.717) is 32.6 Å². The average Bonchev–Trinajstić information content (AvgIpc) is 3.35. The van der Waals surface area contributed by atoms with Crippen LogP contribution >= 0.6 is 0 Å². The summed E-state index contributed by atoms with van der Waals surface area (Å²) in [5.74, 6) is 1.10. The molecule has 2 aromatic carbocycles. The zero-order chi connectivity index (χ0) is 25.5. The molecule has 2 aliphatic rings. The van der Waals surface area contributed by atoms with Gasteiger partial charge in [0.05, 0.1) is 38.6 Å². The maximum absolute atomic E-state index is 13.7. The Morgan fingerprint density at radius 1 is 1.03 bits per heavy atom. The predicted molar refractivity (Wildman–Crippen MR) is 137 cm³/mol. The number of benzene rings is 2. The molecule has 2 heterocycles. The molecule has 8 nitrogen and oxygen atoms in total. The Balaban J connectivity index is 1.61. The summed E-state index contributed by atoms with van der Waals surface area (Å²) in [4.78, 5) is 28.2. The molecule has 4 rings (SSSR count). The SMILES string of the molecule is CCOC(=O)[C@@H]1CCCCN1CC(=O)N1N=C(c2ccccc2OC)C[C@@H]1c1ccc(OCC)cc1. The molecule has 0 radical (unpaired) electrons. The number of rotatable bonds is 9. The van der Waals surface area contributed by atoms with E-state index in [1.54, 1.807) is 19.0 Å². The van der Waals surface area contributed by atoms with Crippen LogP contribution in [-0.4, -0.2) is 67.0 Å². The number of hydrogen-bond acceptors (Lipinski definition) is 7. The molecule has 0 bridgehead atoms. The normalized spacial score (nSPS) is 20.1. The molecule has 1 fully saturated rings. The first-order valence-electron chi connectivity index (χ1n) is 12.7. The summed E-state index contributed by atoms with van der Waals surface area (Å²) in [7, 11) is 1.63. The number of para-hydroxylation sites is 1. The molecule has 0 N–H and O–H groups in total. The summed E-state index contributed by atoms with van der Waals surface area (Å²) in [6.07, 6.45) is 3.15. The fourth-order valence-corrected chi connectivity index (χ4v) is 4.93. The lowest BCUT2D eigenvalue weighted by molar-refractivity contribution is -0.152. The van der Waals surface area contributed by atoms with E-state index in [1.807, 2.05) is 60.4 Å². The summed E-state index contributed by atoms with van der Waals surface area (Å²) in [6, 6.07) is 14.9. The van der Waals surface area contributed by atoms with Crippen LogP contribution in [0.4, 0.5) is 0 Å². The molecular formula is C28H35N3O5. The second-order valence-electron chi connectivity index (χ2n) is 8.94. The van der Waals surface area contributed by atoms with Crippen LogP contribution in [0.15, 0.2) is 53.6 Å². The van der Waals surface area contributed by atoms with Crippen LogP contribution in [0, 0.1) is 0 Å². The smallest absolute Gasteiger partial charge is 0.323 e. The number of piperidine rings is 1. The van der Waals surface area contributed by atoms with E-state index in [0.717, 1.165) is 41.2 Å². The number of likely N-dealkylation sites (tertiary alicyclic amines) is 1. The van der Waals surface area contributed by atoms with Gasteiger partial charge in [-0.05, 0) is 63.1 Å². The standard InChI is InChI=1S/C28H35N3O5/c1-4-35-21-15-13-20(14-16-21)25-18-23(22-10-6-7-12-26(22)34-3)29-31(25)27(32)19-30-17-9-8-11-24(30)28(33)36-5-2/h6-7,10,12-16,24-25H,4-5,8-9,11,17-19H2,1-3H3/t24-,25+/m0/s1. The maximum Gasteiger partial charge on any atom is 0.323 e. The molecular weight excluding hydrogens is 458 g/mol. The molecule has 1 amide bonds. The second kappa shape index (κ2) is 12.0. The van der Waals surface area contributed by atoms with Gasteiger partial charge in [-0.2, -0.15) is 5.10 Å². The van der Waals surface area contributed by atoms with Crippen molar-refractivity contribution in [2.24, 2.45) is 5.10 Å². The van der Waals surface area contributed by atoms with Crippen LogP contribution in [0.1, 0.15) is 56.7 Å². The largest absolute Gasteiger partial charge is 0.496 e. The van der Waals surface area contributed by atoms with Crippen molar-refractivity contribution < 1.29 is 23.8 Å². The van der Waals surface area contributed by atoms with Gasteiger partial charge in [0.2, 0.25) is 0 Å². The van der Waals surface area contributed by atoms with E-state index in [1.165, 1.54) is 0 Å². The molecule has 0 aromatic heterocycles. The third-order valence-electron chi connectivity index (χ3n) is 6.67. The van der Waals surface area contributed by atoms with Crippen molar-refractivity contribution in [1.82, 2.24) is 9.91 Å². The number of ether oxygens (including phenoxy) is 3. The van der Waals surface area contributed by atoms with Gasteiger partial charge in [0, 0.05) is 12.0 Å². The molecule has 0 spiro atoms. The number of nitrogens with zero attached hydrogens (tertiary/aromatic N) is 3. The summed E-state index contributed by atoms with van der Waals surface area (Å²) >= 11 is 0. The quantitative estimate of drug-likeness (QED) is 0.488. The summed E-state index contributed by atoms with van der Waals surface area (Å²) in [5, 5.41) is 6.38. The molecule has 2 aromatic rings. The zero-order valence-electron chi connectivity index (χ0n) is 21.3. The van der Waals surface area contributed by atoms with E-state index in [2.05, 4.69) is 0 Å². The van der Waals surface area contributed by atoms with Gasteiger partial charge in [-0.25, -0.2) is 5.01 Å². The Bertz CT molecular complexity index is 1080. The number of esters is 1. The van der Waals surface area contributed by atoms with Gasteiger partial charge in [0.1, 0.15) is 17.5 Å². The molecule has 2 atom stereocenters. The molecule has 1 saturated heterocycles. The van der Waals surface area contributed by atoms with Crippen molar-refractivity contribution in [3.8, 4) is 11.5 Å². The molecule has 0 aliphatic carbocycles. The fourth-order valence-electron chi connectivity index (χ4n) is 4.93. The van der Waals surface area contributed by atoms with Gasteiger partial charge in [0.25, 0.3) is 5.91 Å². The van der Waals surface area contributed by atoms with E-state index in [4.69, 9.17) is 19.3 Å². The van der Waals surface area contributed by atoms with Crippen molar-refractivity contribution in [1.29, 1.82) is 0 Å². The number of amides is 1. The van der Waals surface area contributed by atoms with Crippen molar-refractivity contribution in [3.05, 3.63) is 59.7 Å². The van der Waals surface area contributed by atoms with E-state index < -0.39 is 6.04 Å². The highest BCUT2D eigenvalue weighted by Gasteiger charge is 2.37. The van der Waals surface area contributed by atoms with E-state index in [9.17, 15) is 9.59 Å². The van der Waals surface area contributed by atoms with Gasteiger partial charge in [-0.15, -0.1) is 0 Å². The highest BCUT2D eigenvalue weighted by atomic mass is 16.5. The van der Waals surface area contributed by atoms with Gasteiger partial charge < -0.3 is 14.2 Å². The Labute approximate surface area is 212 Å². The summed E-state index contributed by atoms with van der Waals surface area (Å²) in [5.41, 5.74) is 2.63. The van der Waals surface area contributed by atoms with Crippen molar-refractivity contribution in [2.45, 2.75) is 51.6 Å². The lowest BCUT2D eigenvalue weighted by Gasteiger charge is -2.34. The lowest BCUT2D eigenvalue weighted by Crippen LogP contribution is -2.49. The first kappa shape index (κ1) is 25.7. The number of methoxy groups -OCH3 is 1. The second-order valence-corrected chi connectivity index (χ2v) is 8.94. The molecule has 192 valence electrons. The summed E-state index contributed by atoms with van der Waals surface area (Å²) in [6.45, 7) is 5.46. The third-order valence-corrected chi connectivity index (χ3v) is 6.67. The van der Waals surface area contributed by atoms with Crippen LogP contribution < -0.4 is 9.47 Å². The zero-order valence-corrected chi connectivity index (χ0v) is 21.3. The minimum atomic E-state index is -0.396. The van der Waals surface area contributed by atoms with E-state index >= 15 is 0 Å². The highest BCUT2D eigenvalue weighted by Crippen LogP contribution is 2.36. The predicted octanol–water partition coefficient (Wildman–Crippen LogP) is 4.19. The number of hydrogen-bond donors (Lipinski definition) is 0. The number of carbonyl (C=O) groups excluding carboxylic acids is 2. The van der Waals surface area contributed by atoms with E-state index in [-0.39, 0.29) is 24.5 Å². The Hall–Kier alpha value is -3.39. The molecule has 8 heteroatoms. The summed E-state index contributed by atoms with van der Waals surface area (Å²) < 4.78 is 16.4. The van der Waals surface area contributed by atoms with Crippen LogP contribution in [0.3, 0.4) is 0 Å². The van der Waals surface area contributed by atoms with Crippen LogP contribution in [0.5, 0.6) is 11.5 Å². The molecule has 36 heavy (non-hydrogen) atoms. The van der Waals surface area contributed by atoms with Gasteiger partial charge >= 0.3 is 5.97 Å². The molecule has 2 aliphatic heterocycles. The number of hydrazone groups is 1. The Morgan fingerprint density at radius 2 is 1.81 bits per heavy atom. The van der Waals surface area contributed by atoms with Crippen molar-refractivity contribution >= 4 is 17.6 Å². The average molecular weight is 494 g/mol. The first-order valence-corrected chi connectivity index (χ1v) is 12.7. The lowest BCUT2D eigenvalue weighted by atomic mass is 9.97. The molecule has 0 unspecified atom stereocenters.